The van der Waals surface area contributed by atoms with E-state index in [1.165, 1.54) is 37.1 Å². The van der Waals surface area contributed by atoms with Crippen LogP contribution in [0.5, 0.6) is 0 Å². The van der Waals surface area contributed by atoms with E-state index in [0.717, 1.165) is 0 Å². The molecule has 0 fully saturated rings. The molecule has 0 aromatic heterocycles. The molecule has 0 amide bonds. The van der Waals surface area contributed by atoms with Gasteiger partial charge in [0.15, 0.2) is 0 Å². The molecule has 0 bridgehead atoms. The van der Waals surface area contributed by atoms with Crippen molar-refractivity contribution < 1.29 is 4.74 Å². The third-order valence-corrected chi connectivity index (χ3v) is 12.4. The summed E-state index contributed by atoms with van der Waals surface area (Å²) in [6.45, 7) is 14.1. The van der Waals surface area contributed by atoms with Crippen molar-refractivity contribution in [3.8, 4) is 0 Å². The van der Waals surface area contributed by atoms with Crippen molar-refractivity contribution in [2.45, 2.75) is 53.2 Å². The monoisotopic (exact) mass is 455 g/mol. The van der Waals surface area contributed by atoms with Gasteiger partial charge >= 0.3 is 0 Å². The minimum absolute atomic E-state index is 0.0357. The Morgan fingerprint density at radius 2 is 1.33 bits per heavy atom. The summed E-state index contributed by atoms with van der Waals surface area (Å²) in [7, 11) is -0.335. The minimum atomic E-state index is -2.66. The van der Waals surface area contributed by atoms with Crippen LogP contribution in [0.4, 0.5) is 0 Å². The summed E-state index contributed by atoms with van der Waals surface area (Å²) in [5.41, 5.74) is 2.53. The number of benzene rings is 3. The maximum atomic E-state index is 6.47. The average Bonchev–Trinajstić information content (AvgIpc) is 3.14. The first-order valence-electron chi connectivity index (χ1n) is 12.0. The molecule has 0 radical (unpaired) electrons. The topological polar surface area (TPSA) is 12.5 Å². The summed E-state index contributed by atoms with van der Waals surface area (Å²) in [6.07, 6.45) is 2.29. The van der Waals surface area contributed by atoms with Crippen molar-refractivity contribution in [3.63, 3.8) is 0 Å². The summed E-state index contributed by atoms with van der Waals surface area (Å²) in [5.74, 6) is 0. The molecule has 4 rings (SSSR count). The van der Waals surface area contributed by atoms with Gasteiger partial charge in [-0.3, -0.25) is 0 Å². The highest BCUT2D eigenvalue weighted by Gasteiger charge is 2.52. The van der Waals surface area contributed by atoms with Gasteiger partial charge in [0, 0.05) is 12.1 Å². The first kappa shape index (κ1) is 23.7. The fraction of sp³-hybridized carbons (Fsp3) is 0.333. The van der Waals surface area contributed by atoms with Crippen molar-refractivity contribution in [2.24, 2.45) is 0 Å². The Morgan fingerprint density at radius 3 is 1.82 bits per heavy atom. The second-order valence-electron chi connectivity index (χ2n) is 10.2. The Bertz CT molecular complexity index is 1190. The Kier molecular flexibility index (Phi) is 6.50. The van der Waals surface area contributed by atoms with Crippen LogP contribution in [-0.4, -0.2) is 38.1 Å². The second kappa shape index (κ2) is 9.06. The van der Waals surface area contributed by atoms with E-state index in [-0.39, 0.29) is 11.6 Å². The molecule has 2 nitrogen and oxygen atoms in total. The van der Waals surface area contributed by atoms with Gasteiger partial charge in [0.1, 0.15) is 0 Å². The standard InChI is InChI=1S/C30H37NOSi/c1-8-32-28-21-24-11-9-10-12-27(24)29(28)33(31(7)30(4,5)6,25-17-13-22(2)14-18-25)26-19-15-23(3)16-20-26/h9-21,28H,8H2,1-7H3. The van der Waals surface area contributed by atoms with E-state index in [9.17, 15) is 0 Å². The molecular weight excluding hydrogens is 418 g/mol. The van der Waals surface area contributed by atoms with Crippen molar-refractivity contribution in [2.75, 3.05) is 13.7 Å². The van der Waals surface area contributed by atoms with E-state index in [1.54, 1.807) is 0 Å². The molecule has 1 atom stereocenters. The van der Waals surface area contributed by atoms with Crippen LogP contribution < -0.4 is 20.8 Å². The summed E-state index contributed by atoms with van der Waals surface area (Å²) in [4.78, 5) is 0. The predicted molar refractivity (Wildman–Crippen MR) is 144 cm³/mol. The maximum absolute atomic E-state index is 6.47. The lowest BCUT2D eigenvalue weighted by Crippen LogP contribution is -2.75. The molecule has 3 aromatic rings. The highest BCUT2D eigenvalue weighted by Crippen LogP contribution is 2.31. The molecule has 1 unspecified atom stereocenters. The van der Waals surface area contributed by atoms with Crippen LogP contribution in [0.25, 0.3) is 11.3 Å². The number of rotatable bonds is 6. The van der Waals surface area contributed by atoms with Gasteiger partial charge in [0.05, 0.1) is 6.10 Å². The molecule has 172 valence electrons. The molecule has 0 saturated carbocycles. The lowest BCUT2D eigenvalue weighted by atomic mass is 10.1. The largest absolute Gasteiger partial charge is 0.370 e. The molecule has 3 aromatic carbocycles. The van der Waals surface area contributed by atoms with Gasteiger partial charge in [-0.1, -0.05) is 83.9 Å². The highest BCUT2D eigenvalue weighted by atomic mass is 28.3. The maximum Gasteiger partial charge on any atom is 0.224 e. The molecule has 1 aliphatic rings. The quantitative estimate of drug-likeness (QED) is 0.526. The van der Waals surface area contributed by atoms with E-state index in [4.69, 9.17) is 4.74 Å². The second-order valence-corrected chi connectivity index (χ2v) is 14.0. The van der Waals surface area contributed by atoms with Gasteiger partial charge in [-0.15, -0.1) is 0 Å². The van der Waals surface area contributed by atoms with Gasteiger partial charge in [-0.25, -0.2) is 0 Å². The molecule has 0 saturated heterocycles. The van der Waals surface area contributed by atoms with Crippen molar-refractivity contribution >= 4 is 29.9 Å². The molecular formula is C30H37NOSi. The Labute approximate surface area is 200 Å². The van der Waals surface area contributed by atoms with Crippen molar-refractivity contribution in [1.29, 1.82) is 0 Å². The molecule has 0 aliphatic heterocycles. The average molecular weight is 456 g/mol. The van der Waals surface area contributed by atoms with E-state index in [1.807, 2.05) is 0 Å². The molecule has 0 N–H and O–H groups in total. The number of hydrogen-bond acceptors (Lipinski definition) is 2. The zero-order valence-corrected chi connectivity index (χ0v) is 22.1. The molecule has 1 aliphatic carbocycles. The van der Waals surface area contributed by atoms with Crippen LogP contribution in [0, 0.1) is 13.8 Å². The first-order chi connectivity index (χ1) is 15.7. The van der Waals surface area contributed by atoms with Crippen molar-refractivity contribution in [1.82, 2.24) is 4.57 Å². The fourth-order valence-corrected chi connectivity index (χ4v) is 10.7. The predicted octanol–water partition coefficient (Wildman–Crippen LogP) is 3.68. The van der Waals surface area contributed by atoms with Gasteiger partial charge < -0.3 is 9.30 Å². The zero-order chi connectivity index (χ0) is 23.8. The third kappa shape index (κ3) is 4.14. The van der Waals surface area contributed by atoms with Crippen LogP contribution in [0.15, 0.2) is 72.8 Å². The first-order valence-corrected chi connectivity index (χ1v) is 14.0. The normalized spacial score (nSPS) is 16.1. The summed E-state index contributed by atoms with van der Waals surface area (Å²) >= 11 is 0. The SMILES string of the molecule is CCOC1C=c2ccccc2=C1[Si](c1ccc(C)cc1)(c1ccc(C)cc1)N(C)C(C)(C)C. The van der Waals surface area contributed by atoms with E-state index < -0.39 is 8.24 Å². The van der Waals surface area contributed by atoms with Crippen molar-refractivity contribution in [3.05, 3.63) is 94.4 Å². The number of fused-ring (bicyclic) bond motifs is 1. The van der Waals surface area contributed by atoms with Crippen LogP contribution in [0.1, 0.15) is 38.8 Å². The molecule has 33 heavy (non-hydrogen) atoms. The molecule has 0 heterocycles. The van der Waals surface area contributed by atoms with E-state index in [0.29, 0.717) is 6.61 Å². The summed E-state index contributed by atoms with van der Waals surface area (Å²) in [5, 5.41) is 6.85. The van der Waals surface area contributed by atoms with Gasteiger partial charge in [0.2, 0.25) is 8.24 Å². The number of ether oxygens (including phenoxy) is 1. The number of aryl methyl sites for hydroxylation is 2. The fourth-order valence-electron chi connectivity index (χ4n) is 5.14. The zero-order valence-electron chi connectivity index (χ0n) is 21.1. The smallest absolute Gasteiger partial charge is 0.224 e. The van der Waals surface area contributed by atoms with Gasteiger partial charge in [-0.05, 0) is 80.7 Å². The van der Waals surface area contributed by atoms with E-state index in [2.05, 4.69) is 132 Å². The Morgan fingerprint density at radius 1 is 0.818 bits per heavy atom. The minimum Gasteiger partial charge on any atom is -0.370 e. The van der Waals surface area contributed by atoms with E-state index >= 15 is 0 Å². The Hall–Kier alpha value is -2.46. The lowest BCUT2D eigenvalue weighted by molar-refractivity contribution is 0.145. The summed E-state index contributed by atoms with van der Waals surface area (Å²) < 4.78 is 9.15. The number of hydrogen-bond donors (Lipinski definition) is 0. The molecule has 0 spiro atoms. The lowest BCUT2D eigenvalue weighted by Gasteiger charge is -2.50. The summed E-state index contributed by atoms with van der Waals surface area (Å²) in [6, 6.07) is 27.3. The third-order valence-electron chi connectivity index (χ3n) is 7.05. The van der Waals surface area contributed by atoms with Crippen LogP contribution in [0.3, 0.4) is 0 Å². The highest BCUT2D eigenvalue weighted by molar-refractivity contribution is 7.12. The molecule has 3 heteroatoms. The van der Waals surface area contributed by atoms with Gasteiger partial charge in [0.25, 0.3) is 0 Å². The van der Waals surface area contributed by atoms with Crippen LogP contribution >= 0.6 is 0 Å². The number of nitrogens with zero attached hydrogens (tertiary/aromatic N) is 1. The van der Waals surface area contributed by atoms with Crippen LogP contribution in [-0.2, 0) is 4.74 Å². The van der Waals surface area contributed by atoms with Gasteiger partial charge in [-0.2, -0.15) is 0 Å². The Balaban J connectivity index is 2.20. The van der Waals surface area contributed by atoms with Crippen LogP contribution in [0.2, 0.25) is 0 Å².